The highest BCUT2D eigenvalue weighted by molar-refractivity contribution is 14.1. The predicted octanol–water partition coefficient (Wildman–Crippen LogP) is 5.86. The molecule has 0 unspecified atom stereocenters. The van der Waals surface area contributed by atoms with Crippen molar-refractivity contribution in [1.29, 1.82) is 0 Å². The number of rotatable bonds is 3. The molecule has 1 aromatic heterocycles. The summed E-state index contributed by atoms with van der Waals surface area (Å²) in [5, 5.41) is 10.2. The van der Waals surface area contributed by atoms with Gasteiger partial charge in [0.25, 0.3) is 0 Å². The molecule has 5 heteroatoms. The van der Waals surface area contributed by atoms with Gasteiger partial charge < -0.3 is 9.52 Å². The summed E-state index contributed by atoms with van der Waals surface area (Å²) in [6.45, 7) is 1.99. The molecule has 0 fully saturated rings. The van der Waals surface area contributed by atoms with Gasteiger partial charge in [-0.1, -0.05) is 18.2 Å². The van der Waals surface area contributed by atoms with Crippen LogP contribution in [0.15, 0.2) is 70.1 Å². The molecule has 0 spiro atoms. The smallest absolute Gasteiger partial charge is 0.227 e. The minimum absolute atomic E-state index is 0.245. The van der Waals surface area contributed by atoms with Gasteiger partial charge in [-0.05, 0) is 77.5 Å². The summed E-state index contributed by atoms with van der Waals surface area (Å²) >= 11 is 2.12. The van der Waals surface area contributed by atoms with Crippen molar-refractivity contribution in [1.82, 2.24) is 4.98 Å². The Kier molecular flexibility index (Phi) is 4.46. The summed E-state index contributed by atoms with van der Waals surface area (Å²) in [5.41, 5.74) is 4.99. The molecule has 3 aromatic carbocycles. The zero-order valence-electron chi connectivity index (χ0n) is 14.0. The average molecular weight is 454 g/mol. The van der Waals surface area contributed by atoms with E-state index in [9.17, 15) is 5.11 Å². The minimum atomic E-state index is 0.245. The Morgan fingerprint density at radius 1 is 1.08 bits per heavy atom. The van der Waals surface area contributed by atoms with Gasteiger partial charge in [-0.15, -0.1) is 0 Å². The third-order valence-electron chi connectivity index (χ3n) is 3.98. The fourth-order valence-corrected chi connectivity index (χ4v) is 3.52. The van der Waals surface area contributed by atoms with Crippen LogP contribution in [0, 0.1) is 10.5 Å². The second-order valence-electron chi connectivity index (χ2n) is 5.98. The zero-order chi connectivity index (χ0) is 18.1. The molecule has 4 rings (SSSR count). The third kappa shape index (κ3) is 3.35. The number of oxazole rings is 1. The standard InChI is InChI=1S/C21H15IN2O2/c1-13-9-15(20(25)17(22)10-13)12-23-16-6-4-5-14(11-16)21-24-18-7-2-3-8-19(18)26-21/h2-12,25H,1H3. The number of halogens is 1. The average Bonchev–Trinajstić information content (AvgIpc) is 3.08. The van der Waals surface area contributed by atoms with Gasteiger partial charge in [-0.25, -0.2) is 4.98 Å². The lowest BCUT2D eigenvalue weighted by atomic mass is 10.1. The summed E-state index contributed by atoms with van der Waals surface area (Å²) < 4.78 is 6.63. The van der Waals surface area contributed by atoms with E-state index in [2.05, 4.69) is 32.6 Å². The Balaban J connectivity index is 1.68. The molecule has 0 saturated carbocycles. The molecule has 4 nitrogen and oxygen atoms in total. The van der Waals surface area contributed by atoms with Crippen molar-refractivity contribution in [3.05, 3.63) is 75.4 Å². The van der Waals surface area contributed by atoms with Crippen molar-refractivity contribution in [2.75, 3.05) is 0 Å². The number of aliphatic imine (C=N–C) groups is 1. The van der Waals surface area contributed by atoms with E-state index in [0.29, 0.717) is 11.5 Å². The Bertz CT molecular complexity index is 1100. The fourth-order valence-electron chi connectivity index (χ4n) is 2.72. The van der Waals surface area contributed by atoms with Crippen LogP contribution in [0.5, 0.6) is 5.75 Å². The van der Waals surface area contributed by atoms with E-state index < -0.39 is 0 Å². The Labute approximate surface area is 164 Å². The van der Waals surface area contributed by atoms with Gasteiger partial charge in [0.15, 0.2) is 5.58 Å². The van der Waals surface area contributed by atoms with E-state index in [1.54, 1.807) is 6.21 Å². The number of benzene rings is 3. The van der Waals surface area contributed by atoms with Crippen molar-refractivity contribution in [2.45, 2.75) is 6.92 Å². The number of hydrogen-bond donors (Lipinski definition) is 1. The van der Waals surface area contributed by atoms with Crippen LogP contribution in [-0.4, -0.2) is 16.3 Å². The Morgan fingerprint density at radius 3 is 2.77 bits per heavy atom. The van der Waals surface area contributed by atoms with E-state index in [1.165, 1.54) is 0 Å². The van der Waals surface area contributed by atoms with Crippen LogP contribution in [0.2, 0.25) is 0 Å². The first-order valence-electron chi connectivity index (χ1n) is 8.09. The highest BCUT2D eigenvalue weighted by atomic mass is 127. The molecule has 0 bridgehead atoms. The molecule has 0 aliphatic heterocycles. The number of hydrogen-bond acceptors (Lipinski definition) is 4. The number of phenolic OH excluding ortho intramolecular Hbond substituents is 1. The number of phenols is 1. The minimum Gasteiger partial charge on any atom is -0.506 e. The van der Waals surface area contributed by atoms with Gasteiger partial charge in [0.1, 0.15) is 11.3 Å². The molecule has 0 radical (unpaired) electrons. The maximum absolute atomic E-state index is 10.2. The summed E-state index contributed by atoms with van der Waals surface area (Å²) in [4.78, 5) is 9.02. The number of aromatic hydroxyl groups is 1. The first kappa shape index (κ1) is 16.8. The van der Waals surface area contributed by atoms with Crippen molar-refractivity contribution in [2.24, 2.45) is 4.99 Å². The maximum atomic E-state index is 10.2. The number of aromatic nitrogens is 1. The lowest BCUT2D eigenvalue weighted by molar-refractivity contribution is 0.470. The molecule has 4 aromatic rings. The Hall–Kier alpha value is -2.67. The largest absolute Gasteiger partial charge is 0.506 e. The third-order valence-corrected chi connectivity index (χ3v) is 4.80. The lowest BCUT2D eigenvalue weighted by Crippen LogP contribution is -1.87. The topological polar surface area (TPSA) is 58.6 Å². The van der Waals surface area contributed by atoms with Crippen LogP contribution in [0.3, 0.4) is 0 Å². The highest BCUT2D eigenvalue weighted by Crippen LogP contribution is 2.28. The highest BCUT2D eigenvalue weighted by Gasteiger charge is 2.08. The van der Waals surface area contributed by atoms with Crippen LogP contribution in [0.25, 0.3) is 22.6 Å². The van der Waals surface area contributed by atoms with E-state index in [1.807, 2.05) is 67.6 Å². The van der Waals surface area contributed by atoms with Crippen molar-refractivity contribution >= 4 is 45.6 Å². The van der Waals surface area contributed by atoms with Crippen LogP contribution < -0.4 is 0 Å². The SMILES string of the molecule is Cc1cc(I)c(O)c(C=Nc2cccc(-c3nc4ccccc4o3)c2)c1. The van der Waals surface area contributed by atoms with Gasteiger partial charge >= 0.3 is 0 Å². The quantitative estimate of drug-likeness (QED) is 0.312. The van der Waals surface area contributed by atoms with Gasteiger partial charge in [0, 0.05) is 17.3 Å². The molecule has 26 heavy (non-hydrogen) atoms. The van der Waals surface area contributed by atoms with Gasteiger partial charge in [-0.2, -0.15) is 0 Å². The number of aryl methyl sites for hydroxylation is 1. The Morgan fingerprint density at radius 2 is 1.92 bits per heavy atom. The summed E-state index contributed by atoms with van der Waals surface area (Å²) in [6, 6.07) is 19.2. The molecule has 0 aliphatic rings. The second kappa shape index (κ2) is 6.92. The van der Waals surface area contributed by atoms with Gasteiger partial charge in [0.2, 0.25) is 5.89 Å². The molecule has 0 atom stereocenters. The van der Waals surface area contributed by atoms with Crippen LogP contribution in [0.4, 0.5) is 5.69 Å². The summed E-state index contributed by atoms with van der Waals surface area (Å²) in [6.07, 6.45) is 1.68. The van der Waals surface area contributed by atoms with Crippen LogP contribution in [-0.2, 0) is 0 Å². The maximum Gasteiger partial charge on any atom is 0.227 e. The monoisotopic (exact) mass is 454 g/mol. The normalized spacial score (nSPS) is 11.5. The second-order valence-corrected chi connectivity index (χ2v) is 7.14. The molecule has 0 amide bonds. The van der Waals surface area contributed by atoms with E-state index in [0.717, 1.165) is 31.5 Å². The lowest BCUT2D eigenvalue weighted by Gasteiger charge is -2.04. The molecule has 1 heterocycles. The molecule has 0 saturated heterocycles. The van der Waals surface area contributed by atoms with Crippen LogP contribution >= 0.6 is 22.6 Å². The number of nitrogens with zero attached hydrogens (tertiary/aromatic N) is 2. The molecular formula is C21H15IN2O2. The first-order chi connectivity index (χ1) is 12.6. The van der Waals surface area contributed by atoms with E-state index >= 15 is 0 Å². The van der Waals surface area contributed by atoms with E-state index in [-0.39, 0.29) is 5.75 Å². The molecule has 1 N–H and O–H groups in total. The first-order valence-corrected chi connectivity index (χ1v) is 9.17. The summed E-state index contributed by atoms with van der Waals surface area (Å²) in [5.74, 6) is 0.811. The van der Waals surface area contributed by atoms with Crippen molar-refractivity contribution in [3.63, 3.8) is 0 Å². The van der Waals surface area contributed by atoms with Gasteiger partial charge in [0.05, 0.1) is 9.26 Å². The van der Waals surface area contributed by atoms with Crippen molar-refractivity contribution in [3.8, 4) is 17.2 Å². The van der Waals surface area contributed by atoms with Crippen LogP contribution in [0.1, 0.15) is 11.1 Å². The molecule has 0 aliphatic carbocycles. The number of para-hydroxylation sites is 2. The summed E-state index contributed by atoms with van der Waals surface area (Å²) in [7, 11) is 0. The molecule has 128 valence electrons. The zero-order valence-corrected chi connectivity index (χ0v) is 16.1. The number of fused-ring (bicyclic) bond motifs is 1. The fraction of sp³-hybridized carbons (Fsp3) is 0.0476. The van der Waals surface area contributed by atoms with Crippen molar-refractivity contribution < 1.29 is 9.52 Å². The van der Waals surface area contributed by atoms with Gasteiger partial charge in [-0.3, -0.25) is 4.99 Å². The van der Waals surface area contributed by atoms with E-state index in [4.69, 9.17) is 4.42 Å². The predicted molar refractivity (Wildman–Crippen MR) is 112 cm³/mol. The molecular weight excluding hydrogens is 439 g/mol.